The molecule has 1 aliphatic rings. The number of hydrogen-bond donors (Lipinski definition) is 1. The number of hydrogen-bond acceptors (Lipinski definition) is 4. The molecule has 0 unspecified atom stereocenters. The van der Waals surface area contributed by atoms with Crippen LogP contribution in [0, 0.1) is 13.8 Å². The molecule has 4 heteroatoms. The van der Waals surface area contributed by atoms with E-state index >= 15 is 0 Å². The zero-order chi connectivity index (χ0) is 12.1. The number of piperidine rings is 1. The van der Waals surface area contributed by atoms with E-state index in [1.807, 2.05) is 13.8 Å². The second kappa shape index (κ2) is 6.17. The Kier molecular flexibility index (Phi) is 4.57. The van der Waals surface area contributed by atoms with Gasteiger partial charge in [0, 0.05) is 13.1 Å². The molecule has 2 rings (SSSR count). The molecule has 0 radical (unpaired) electrons. The van der Waals surface area contributed by atoms with Crippen LogP contribution in [-0.4, -0.2) is 36.1 Å². The third-order valence-corrected chi connectivity index (χ3v) is 3.40. The molecule has 96 valence electrons. The Bertz CT molecular complexity index is 323. The Hall–Kier alpha value is -0.870. The van der Waals surface area contributed by atoms with E-state index in [1.165, 1.54) is 32.4 Å². The summed E-state index contributed by atoms with van der Waals surface area (Å²) in [7, 11) is 0. The molecule has 0 aromatic carbocycles. The van der Waals surface area contributed by atoms with Crippen LogP contribution in [0.15, 0.2) is 4.42 Å². The predicted octanol–water partition coefficient (Wildman–Crippen LogP) is 1.87. The molecule has 1 aromatic rings. The lowest BCUT2D eigenvalue weighted by Gasteiger charge is -2.26. The molecule has 1 N–H and O–H groups in total. The van der Waals surface area contributed by atoms with Gasteiger partial charge in [0.15, 0.2) is 0 Å². The number of oxazole rings is 1. The standard InChI is InChI=1S/C13H23N3O/c1-11-12(2)17-13(15-11)10-14-6-9-16-7-4-3-5-8-16/h14H,3-10H2,1-2H3. The highest BCUT2D eigenvalue weighted by atomic mass is 16.4. The van der Waals surface area contributed by atoms with Gasteiger partial charge in [0.1, 0.15) is 5.76 Å². The molecule has 0 bridgehead atoms. The normalized spacial score (nSPS) is 17.5. The maximum Gasteiger partial charge on any atom is 0.208 e. The quantitative estimate of drug-likeness (QED) is 0.794. The van der Waals surface area contributed by atoms with Gasteiger partial charge in [0.25, 0.3) is 0 Å². The van der Waals surface area contributed by atoms with E-state index in [0.29, 0.717) is 0 Å². The average molecular weight is 237 g/mol. The first-order chi connectivity index (χ1) is 8.25. The maximum atomic E-state index is 5.52. The summed E-state index contributed by atoms with van der Waals surface area (Å²) in [6.07, 6.45) is 4.12. The molecular weight excluding hydrogens is 214 g/mol. The van der Waals surface area contributed by atoms with E-state index in [2.05, 4.69) is 15.2 Å². The van der Waals surface area contributed by atoms with Gasteiger partial charge in [-0.25, -0.2) is 4.98 Å². The smallest absolute Gasteiger partial charge is 0.208 e. The lowest BCUT2D eigenvalue weighted by atomic mass is 10.1. The van der Waals surface area contributed by atoms with Crippen molar-refractivity contribution in [2.24, 2.45) is 0 Å². The largest absolute Gasteiger partial charge is 0.444 e. The monoisotopic (exact) mass is 237 g/mol. The second-order valence-corrected chi connectivity index (χ2v) is 4.83. The van der Waals surface area contributed by atoms with Gasteiger partial charge >= 0.3 is 0 Å². The first kappa shape index (κ1) is 12.6. The number of aromatic nitrogens is 1. The summed E-state index contributed by atoms with van der Waals surface area (Å²) in [6, 6.07) is 0. The molecule has 1 aliphatic heterocycles. The molecule has 17 heavy (non-hydrogen) atoms. The van der Waals surface area contributed by atoms with Gasteiger partial charge in [-0.2, -0.15) is 0 Å². The Morgan fingerprint density at radius 3 is 2.65 bits per heavy atom. The van der Waals surface area contributed by atoms with Crippen molar-refractivity contribution in [2.45, 2.75) is 39.7 Å². The fraction of sp³-hybridized carbons (Fsp3) is 0.769. The van der Waals surface area contributed by atoms with Gasteiger partial charge in [-0.15, -0.1) is 0 Å². The van der Waals surface area contributed by atoms with Gasteiger partial charge in [0.2, 0.25) is 5.89 Å². The van der Waals surface area contributed by atoms with E-state index in [-0.39, 0.29) is 0 Å². The average Bonchev–Trinajstić information content (AvgIpc) is 2.66. The molecule has 2 heterocycles. The highest BCUT2D eigenvalue weighted by Gasteiger charge is 2.09. The highest BCUT2D eigenvalue weighted by molar-refractivity contribution is 5.05. The van der Waals surface area contributed by atoms with Crippen molar-refractivity contribution in [3.8, 4) is 0 Å². The number of nitrogens with one attached hydrogen (secondary N) is 1. The van der Waals surface area contributed by atoms with Crippen LogP contribution < -0.4 is 5.32 Å². The minimum atomic E-state index is 0.739. The van der Waals surface area contributed by atoms with Gasteiger partial charge in [-0.05, 0) is 39.8 Å². The number of likely N-dealkylation sites (tertiary alicyclic amines) is 1. The molecule has 0 saturated carbocycles. The first-order valence-corrected chi connectivity index (χ1v) is 6.61. The first-order valence-electron chi connectivity index (χ1n) is 6.61. The summed E-state index contributed by atoms with van der Waals surface area (Å²) in [5, 5.41) is 3.39. The topological polar surface area (TPSA) is 41.3 Å². The highest BCUT2D eigenvalue weighted by Crippen LogP contribution is 2.08. The van der Waals surface area contributed by atoms with Crippen LogP contribution in [0.4, 0.5) is 0 Å². The summed E-state index contributed by atoms with van der Waals surface area (Å²) in [5.41, 5.74) is 0.998. The van der Waals surface area contributed by atoms with Gasteiger partial charge in [0.05, 0.1) is 12.2 Å². The molecule has 0 aliphatic carbocycles. The predicted molar refractivity (Wildman–Crippen MR) is 68.0 cm³/mol. The van der Waals surface area contributed by atoms with Crippen molar-refractivity contribution < 1.29 is 4.42 Å². The Balaban J connectivity index is 1.62. The molecule has 0 atom stereocenters. The van der Waals surface area contributed by atoms with Crippen LogP contribution in [0.1, 0.15) is 36.6 Å². The van der Waals surface area contributed by atoms with Crippen LogP contribution >= 0.6 is 0 Å². The summed E-state index contributed by atoms with van der Waals surface area (Å²) in [6.45, 7) is 9.36. The van der Waals surface area contributed by atoms with Crippen molar-refractivity contribution in [3.05, 3.63) is 17.3 Å². The SMILES string of the molecule is Cc1nc(CNCCN2CCCCC2)oc1C. The Labute approximate surface area is 103 Å². The number of rotatable bonds is 5. The molecule has 4 nitrogen and oxygen atoms in total. The lowest BCUT2D eigenvalue weighted by molar-refractivity contribution is 0.228. The Morgan fingerprint density at radius 2 is 2.00 bits per heavy atom. The second-order valence-electron chi connectivity index (χ2n) is 4.83. The van der Waals surface area contributed by atoms with Crippen molar-refractivity contribution in [1.82, 2.24) is 15.2 Å². The maximum absolute atomic E-state index is 5.52. The van der Waals surface area contributed by atoms with E-state index in [1.54, 1.807) is 0 Å². The number of aryl methyl sites for hydroxylation is 2. The van der Waals surface area contributed by atoms with Crippen molar-refractivity contribution in [1.29, 1.82) is 0 Å². The van der Waals surface area contributed by atoms with Gasteiger partial charge in [-0.3, -0.25) is 0 Å². The Morgan fingerprint density at radius 1 is 1.24 bits per heavy atom. The minimum absolute atomic E-state index is 0.739. The molecule has 1 saturated heterocycles. The van der Waals surface area contributed by atoms with Crippen molar-refractivity contribution >= 4 is 0 Å². The van der Waals surface area contributed by atoms with Crippen LogP contribution in [0.5, 0.6) is 0 Å². The van der Waals surface area contributed by atoms with E-state index in [4.69, 9.17) is 4.42 Å². The zero-order valence-corrected chi connectivity index (χ0v) is 11.0. The third-order valence-electron chi connectivity index (χ3n) is 3.40. The molecular formula is C13H23N3O. The number of nitrogens with zero attached hydrogens (tertiary/aromatic N) is 2. The molecule has 1 fully saturated rings. The van der Waals surface area contributed by atoms with E-state index in [0.717, 1.165) is 37.0 Å². The fourth-order valence-electron chi connectivity index (χ4n) is 2.23. The third kappa shape index (κ3) is 3.82. The van der Waals surface area contributed by atoms with Gasteiger partial charge < -0.3 is 14.6 Å². The van der Waals surface area contributed by atoms with Crippen LogP contribution in [0.2, 0.25) is 0 Å². The van der Waals surface area contributed by atoms with Crippen LogP contribution in [0.3, 0.4) is 0 Å². The molecule has 0 amide bonds. The van der Waals surface area contributed by atoms with Crippen molar-refractivity contribution in [2.75, 3.05) is 26.2 Å². The summed E-state index contributed by atoms with van der Waals surface area (Å²) in [5.74, 6) is 1.73. The van der Waals surface area contributed by atoms with Crippen molar-refractivity contribution in [3.63, 3.8) is 0 Å². The van der Waals surface area contributed by atoms with Gasteiger partial charge in [-0.1, -0.05) is 6.42 Å². The van der Waals surface area contributed by atoms with Crippen LogP contribution in [0.25, 0.3) is 0 Å². The van der Waals surface area contributed by atoms with E-state index in [9.17, 15) is 0 Å². The summed E-state index contributed by atoms with van der Waals surface area (Å²) >= 11 is 0. The minimum Gasteiger partial charge on any atom is -0.444 e. The molecule has 0 spiro atoms. The molecule has 1 aromatic heterocycles. The summed E-state index contributed by atoms with van der Waals surface area (Å²) in [4.78, 5) is 6.88. The fourth-order valence-corrected chi connectivity index (χ4v) is 2.23. The van der Waals surface area contributed by atoms with Crippen LogP contribution in [-0.2, 0) is 6.54 Å². The van der Waals surface area contributed by atoms with E-state index < -0.39 is 0 Å². The zero-order valence-electron chi connectivity index (χ0n) is 11.0. The lowest BCUT2D eigenvalue weighted by Crippen LogP contribution is -2.35. The summed E-state index contributed by atoms with van der Waals surface area (Å²) < 4.78 is 5.52.